The number of benzene rings is 2. The highest BCUT2D eigenvalue weighted by Crippen LogP contribution is 2.27. The molecular formula is C24H29N5O2S. The zero-order valence-corrected chi connectivity index (χ0v) is 19.4. The minimum Gasteiger partial charge on any atom is -0.378 e. The van der Waals surface area contributed by atoms with E-state index in [-0.39, 0.29) is 11.7 Å². The molecule has 0 bridgehead atoms. The number of nitrogens with one attached hydrogen (secondary N) is 1. The molecule has 1 amide bonds. The molecule has 168 valence electrons. The van der Waals surface area contributed by atoms with Gasteiger partial charge in [0.15, 0.2) is 5.16 Å². The van der Waals surface area contributed by atoms with Crippen LogP contribution in [0.15, 0.2) is 53.7 Å². The molecule has 0 radical (unpaired) electrons. The van der Waals surface area contributed by atoms with Gasteiger partial charge in [-0.3, -0.25) is 9.36 Å². The maximum absolute atomic E-state index is 12.6. The molecule has 0 spiro atoms. The molecule has 1 aliphatic rings. The predicted molar refractivity (Wildman–Crippen MR) is 129 cm³/mol. The summed E-state index contributed by atoms with van der Waals surface area (Å²) >= 11 is 1.39. The van der Waals surface area contributed by atoms with Crippen LogP contribution in [0.1, 0.15) is 24.5 Å². The number of thioether (sulfide) groups is 1. The Morgan fingerprint density at radius 3 is 2.47 bits per heavy atom. The minimum absolute atomic E-state index is 0.0652. The molecule has 0 aliphatic carbocycles. The van der Waals surface area contributed by atoms with Crippen molar-refractivity contribution in [1.29, 1.82) is 0 Å². The van der Waals surface area contributed by atoms with Gasteiger partial charge in [-0.2, -0.15) is 0 Å². The second-order valence-corrected chi connectivity index (χ2v) is 8.78. The number of rotatable bonds is 8. The molecular weight excluding hydrogens is 422 g/mol. The Balaban J connectivity index is 1.48. The van der Waals surface area contributed by atoms with Gasteiger partial charge in [-0.05, 0) is 43.2 Å². The smallest absolute Gasteiger partial charge is 0.234 e. The predicted octanol–water partition coefficient (Wildman–Crippen LogP) is 4.10. The molecule has 1 saturated heterocycles. The molecule has 2 heterocycles. The van der Waals surface area contributed by atoms with Crippen molar-refractivity contribution in [1.82, 2.24) is 14.8 Å². The number of hydrogen-bond donors (Lipinski definition) is 1. The second-order valence-electron chi connectivity index (χ2n) is 7.84. The Morgan fingerprint density at radius 1 is 1.06 bits per heavy atom. The largest absolute Gasteiger partial charge is 0.378 e. The number of morpholine rings is 1. The SMILES string of the molecule is CCCc1ccc(NC(=O)CSc2nnc(N3CCOCC3)n2-c2ccc(C)cc2)cc1. The van der Waals surface area contributed by atoms with Crippen LogP contribution in [0, 0.1) is 6.92 Å². The maximum atomic E-state index is 12.6. The number of ether oxygens (including phenoxy) is 1. The van der Waals surface area contributed by atoms with Crippen molar-refractivity contribution in [2.45, 2.75) is 31.8 Å². The van der Waals surface area contributed by atoms with Gasteiger partial charge >= 0.3 is 0 Å². The van der Waals surface area contributed by atoms with Crippen molar-refractivity contribution in [3.8, 4) is 5.69 Å². The topological polar surface area (TPSA) is 72.3 Å². The minimum atomic E-state index is -0.0652. The molecule has 2 aromatic carbocycles. The highest BCUT2D eigenvalue weighted by molar-refractivity contribution is 7.99. The molecule has 0 saturated carbocycles. The third kappa shape index (κ3) is 5.49. The van der Waals surface area contributed by atoms with Gasteiger partial charge in [-0.15, -0.1) is 10.2 Å². The van der Waals surface area contributed by atoms with E-state index in [0.717, 1.165) is 43.3 Å². The van der Waals surface area contributed by atoms with Crippen LogP contribution in [-0.4, -0.2) is 52.7 Å². The van der Waals surface area contributed by atoms with E-state index >= 15 is 0 Å². The van der Waals surface area contributed by atoms with Gasteiger partial charge in [-0.1, -0.05) is 54.9 Å². The summed E-state index contributed by atoms with van der Waals surface area (Å²) in [5, 5.41) is 12.5. The Bertz CT molecular complexity index is 1030. The number of aryl methyl sites for hydroxylation is 2. The van der Waals surface area contributed by atoms with Gasteiger partial charge in [0.2, 0.25) is 11.9 Å². The zero-order chi connectivity index (χ0) is 22.3. The fourth-order valence-corrected chi connectivity index (χ4v) is 4.36. The highest BCUT2D eigenvalue weighted by Gasteiger charge is 2.22. The van der Waals surface area contributed by atoms with Crippen molar-refractivity contribution >= 4 is 29.3 Å². The van der Waals surface area contributed by atoms with Crippen LogP contribution in [0.4, 0.5) is 11.6 Å². The fourth-order valence-electron chi connectivity index (χ4n) is 3.61. The normalized spacial score (nSPS) is 13.9. The molecule has 1 N–H and O–H groups in total. The van der Waals surface area contributed by atoms with Gasteiger partial charge in [-0.25, -0.2) is 0 Å². The number of anilines is 2. The Kier molecular flexibility index (Phi) is 7.44. The molecule has 1 aromatic heterocycles. The van der Waals surface area contributed by atoms with Crippen LogP contribution in [0.2, 0.25) is 0 Å². The summed E-state index contributed by atoms with van der Waals surface area (Å²) in [5.74, 6) is 0.972. The summed E-state index contributed by atoms with van der Waals surface area (Å²) in [6, 6.07) is 16.3. The third-order valence-corrected chi connectivity index (χ3v) is 6.24. The fraction of sp³-hybridized carbons (Fsp3) is 0.375. The van der Waals surface area contributed by atoms with Gasteiger partial charge in [0.25, 0.3) is 0 Å². The highest BCUT2D eigenvalue weighted by atomic mass is 32.2. The molecule has 3 aromatic rings. The lowest BCUT2D eigenvalue weighted by Crippen LogP contribution is -2.37. The van der Waals surface area contributed by atoms with Crippen molar-refractivity contribution < 1.29 is 9.53 Å². The van der Waals surface area contributed by atoms with Crippen LogP contribution in [0.5, 0.6) is 0 Å². The number of carbonyl (C=O) groups is 1. The Morgan fingerprint density at radius 2 is 1.78 bits per heavy atom. The molecule has 8 heteroatoms. The average Bonchev–Trinajstić information content (AvgIpc) is 3.24. The summed E-state index contributed by atoms with van der Waals surface area (Å²) in [7, 11) is 0. The van der Waals surface area contributed by atoms with Crippen molar-refractivity contribution in [3.63, 3.8) is 0 Å². The van der Waals surface area contributed by atoms with Crippen LogP contribution in [0.3, 0.4) is 0 Å². The number of aromatic nitrogens is 3. The lowest BCUT2D eigenvalue weighted by molar-refractivity contribution is -0.113. The summed E-state index contributed by atoms with van der Waals surface area (Å²) in [6.45, 7) is 7.10. The Hall–Kier alpha value is -2.84. The van der Waals surface area contributed by atoms with E-state index in [1.54, 1.807) is 0 Å². The molecule has 4 rings (SSSR count). The summed E-state index contributed by atoms with van der Waals surface area (Å²) in [5.41, 5.74) is 4.26. The van der Waals surface area contributed by atoms with Gasteiger partial charge in [0, 0.05) is 18.8 Å². The van der Waals surface area contributed by atoms with Crippen LogP contribution >= 0.6 is 11.8 Å². The van der Waals surface area contributed by atoms with Crippen LogP contribution in [-0.2, 0) is 16.0 Å². The quantitative estimate of drug-likeness (QED) is 0.520. The maximum Gasteiger partial charge on any atom is 0.234 e. The van der Waals surface area contributed by atoms with Crippen molar-refractivity contribution in [3.05, 3.63) is 59.7 Å². The lowest BCUT2D eigenvalue weighted by atomic mass is 10.1. The van der Waals surface area contributed by atoms with E-state index in [0.29, 0.717) is 18.4 Å². The number of carbonyl (C=O) groups excluding carboxylic acids is 1. The molecule has 1 aliphatic heterocycles. The summed E-state index contributed by atoms with van der Waals surface area (Å²) < 4.78 is 7.52. The zero-order valence-electron chi connectivity index (χ0n) is 18.6. The Labute approximate surface area is 193 Å². The third-order valence-electron chi connectivity index (χ3n) is 5.31. The van der Waals surface area contributed by atoms with E-state index in [4.69, 9.17) is 4.74 Å². The molecule has 32 heavy (non-hydrogen) atoms. The van der Waals surface area contributed by atoms with Gasteiger partial charge < -0.3 is 15.0 Å². The first-order valence-corrected chi connectivity index (χ1v) is 12.0. The van der Waals surface area contributed by atoms with E-state index in [1.165, 1.54) is 22.9 Å². The van der Waals surface area contributed by atoms with Crippen LogP contribution < -0.4 is 10.2 Å². The molecule has 0 unspecified atom stereocenters. The molecule has 1 fully saturated rings. The number of amides is 1. The monoisotopic (exact) mass is 451 g/mol. The summed E-state index contributed by atoms with van der Waals surface area (Å²) in [4.78, 5) is 14.8. The lowest BCUT2D eigenvalue weighted by Gasteiger charge is -2.27. The standard InChI is InChI=1S/C24H29N5O2S/c1-3-4-19-7-9-20(10-8-19)25-22(30)17-32-24-27-26-23(28-13-15-31-16-14-28)29(24)21-11-5-18(2)6-12-21/h5-12H,3-4,13-17H2,1-2H3,(H,25,30). The average molecular weight is 452 g/mol. The summed E-state index contributed by atoms with van der Waals surface area (Å²) in [6.07, 6.45) is 2.15. The first-order valence-electron chi connectivity index (χ1n) is 11.0. The first kappa shape index (κ1) is 22.4. The van der Waals surface area contributed by atoms with E-state index < -0.39 is 0 Å². The van der Waals surface area contributed by atoms with Gasteiger partial charge in [0.1, 0.15) is 0 Å². The van der Waals surface area contributed by atoms with Crippen LogP contribution in [0.25, 0.3) is 5.69 Å². The van der Waals surface area contributed by atoms with E-state index in [9.17, 15) is 4.79 Å². The van der Waals surface area contributed by atoms with Crippen molar-refractivity contribution in [2.75, 3.05) is 42.3 Å². The van der Waals surface area contributed by atoms with Gasteiger partial charge in [0.05, 0.1) is 24.7 Å². The molecule has 0 atom stereocenters. The number of nitrogens with zero attached hydrogens (tertiary/aromatic N) is 4. The second kappa shape index (κ2) is 10.7. The van der Waals surface area contributed by atoms with E-state index in [2.05, 4.69) is 70.7 Å². The first-order chi connectivity index (χ1) is 15.6. The molecule has 7 nitrogen and oxygen atoms in total. The van der Waals surface area contributed by atoms with Crippen molar-refractivity contribution in [2.24, 2.45) is 0 Å². The number of hydrogen-bond acceptors (Lipinski definition) is 6. The van der Waals surface area contributed by atoms with E-state index in [1.807, 2.05) is 16.7 Å².